The molecule has 2 aromatic rings. The van der Waals surface area contributed by atoms with Crippen LogP contribution in [0.2, 0.25) is 0 Å². The average molecular weight is 380 g/mol. The molecule has 0 saturated carbocycles. The lowest BCUT2D eigenvalue weighted by Gasteiger charge is -2.11. The summed E-state index contributed by atoms with van der Waals surface area (Å²) >= 11 is 5.13. The number of pyridine rings is 1. The molecule has 0 aliphatic carbocycles. The van der Waals surface area contributed by atoms with Crippen molar-refractivity contribution in [2.24, 2.45) is 0 Å². The third-order valence-electron chi connectivity index (χ3n) is 3.33. The number of nitrogens with zero attached hydrogens (tertiary/aromatic N) is 1. The zero-order valence-electron chi connectivity index (χ0n) is 13.9. The third-order valence-corrected chi connectivity index (χ3v) is 5.02. The summed E-state index contributed by atoms with van der Waals surface area (Å²) in [5, 5.41) is 3.13. The monoisotopic (exact) mass is 379 g/mol. The van der Waals surface area contributed by atoms with E-state index in [9.17, 15) is 8.42 Å². The molecular formula is C17H21N3O3S2. The van der Waals surface area contributed by atoms with Crippen molar-refractivity contribution in [2.75, 3.05) is 11.9 Å². The molecule has 0 amide bonds. The highest BCUT2D eigenvalue weighted by atomic mass is 32.2. The van der Waals surface area contributed by atoms with Gasteiger partial charge in [-0.05, 0) is 49.0 Å². The van der Waals surface area contributed by atoms with Crippen LogP contribution in [0.5, 0.6) is 0 Å². The Morgan fingerprint density at radius 1 is 1.24 bits per heavy atom. The maximum Gasteiger partial charge on any atom is 0.261 e. The minimum Gasteiger partial charge on any atom is -0.466 e. The molecule has 0 fully saturated rings. The van der Waals surface area contributed by atoms with Gasteiger partial charge in [0.25, 0.3) is 5.17 Å². The summed E-state index contributed by atoms with van der Waals surface area (Å²) in [6.45, 7) is 2.76. The van der Waals surface area contributed by atoms with Gasteiger partial charge in [0.2, 0.25) is 10.0 Å². The summed E-state index contributed by atoms with van der Waals surface area (Å²) in [5.41, 5.74) is 1.56. The van der Waals surface area contributed by atoms with E-state index in [1.807, 2.05) is 19.1 Å². The maximum atomic E-state index is 12.1. The summed E-state index contributed by atoms with van der Waals surface area (Å²) in [5.74, 6) is 0. The zero-order valence-corrected chi connectivity index (χ0v) is 15.6. The van der Waals surface area contributed by atoms with E-state index in [-0.39, 0.29) is 10.1 Å². The number of hydrogen-bond donors (Lipinski definition) is 2. The van der Waals surface area contributed by atoms with Crippen LogP contribution < -0.4 is 10.0 Å². The standard InChI is InChI=1S/C17H21N3O3S2/c1-2-3-11-19-25(21,22)16-8-6-15(7-9-16)20-17(24)23-13-14-5-4-10-18-12-14/h4-10,12,19H,2-3,11,13H2,1H3,(H,20,24). The van der Waals surface area contributed by atoms with Gasteiger partial charge in [-0.2, -0.15) is 0 Å². The van der Waals surface area contributed by atoms with Crippen LogP contribution in [-0.2, 0) is 21.4 Å². The van der Waals surface area contributed by atoms with Crippen LogP contribution in [0, 0.1) is 0 Å². The van der Waals surface area contributed by atoms with Crippen molar-refractivity contribution in [1.82, 2.24) is 9.71 Å². The number of anilines is 1. The minimum absolute atomic E-state index is 0.209. The Bertz CT molecular complexity index is 779. The number of rotatable bonds is 8. The van der Waals surface area contributed by atoms with Crippen LogP contribution in [0.1, 0.15) is 25.3 Å². The first-order chi connectivity index (χ1) is 12.0. The highest BCUT2D eigenvalue weighted by molar-refractivity contribution is 7.89. The topological polar surface area (TPSA) is 80.3 Å². The van der Waals surface area contributed by atoms with Gasteiger partial charge in [0.05, 0.1) is 4.90 Å². The van der Waals surface area contributed by atoms with Crippen LogP contribution >= 0.6 is 12.2 Å². The van der Waals surface area contributed by atoms with Crippen molar-refractivity contribution in [1.29, 1.82) is 0 Å². The van der Waals surface area contributed by atoms with Crippen LogP contribution in [0.4, 0.5) is 5.69 Å². The van der Waals surface area contributed by atoms with Gasteiger partial charge in [-0.1, -0.05) is 19.4 Å². The van der Waals surface area contributed by atoms with Gasteiger partial charge in [-0.25, -0.2) is 13.1 Å². The van der Waals surface area contributed by atoms with Crippen LogP contribution in [-0.4, -0.2) is 25.1 Å². The van der Waals surface area contributed by atoms with Crippen LogP contribution in [0.15, 0.2) is 53.7 Å². The Balaban J connectivity index is 1.88. The van der Waals surface area contributed by atoms with E-state index >= 15 is 0 Å². The molecule has 0 radical (unpaired) electrons. The molecule has 0 spiro atoms. The first-order valence-electron chi connectivity index (χ1n) is 7.93. The molecule has 25 heavy (non-hydrogen) atoms. The molecule has 2 rings (SSSR count). The summed E-state index contributed by atoms with van der Waals surface area (Å²) in [4.78, 5) is 4.22. The van der Waals surface area contributed by atoms with Crippen molar-refractivity contribution in [3.05, 3.63) is 54.4 Å². The second-order valence-corrected chi connectivity index (χ2v) is 7.48. The number of ether oxygens (including phenoxy) is 1. The second-order valence-electron chi connectivity index (χ2n) is 5.34. The van der Waals surface area contributed by atoms with Crippen molar-refractivity contribution in [3.63, 3.8) is 0 Å². The molecule has 0 atom stereocenters. The number of thiocarbonyl (C=S) groups is 1. The average Bonchev–Trinajstić information content (AvgIpc) is 2.61. The fourth-order valence-corrected chi connectivity index (χ4v) is 3.22. The second kappa shape index (κ2) is 9.45. The molecule has 134 valence electrons. The molecule has 1 aromatic carbocycles. The van der Waals surface area contributed by atoms with Gasteiger partial charge < -0.3 is 10.1 Å². The lowest BCUT2D eigenvalue weighted by Crippen LogP contribution is -2.24. The van der Waals surface area contributed by atoms with E-state index in [0.29, 0.717) is 18.8 Å². The van der Waals surface area contributed by atoms with Gasteiger partial charge in [-0.3, -0.25) is 4.98 Å². The first-order valence-corrected chi connectivity index (χ1v) is 9.83. The number of unbranched alkanes of at least 4 members (excludes halogenated alkanes) is 1. The fraction of sp³-hybridized carbons (Fsp3) is 0.294. The number of nitrogens with one attached hydrogen (secondary N) is 2. The van der Waals surface area contributed by atoms with E-state index in [1.54, 1.807) is 24.5 Å². The van der Waals surface area contributed by atoms with Crippen LogP contribution in [0.25, 0.3) is 0 Å². The highest BCUT2D eigenvalue weighted by Gasteiger charge is 2.12. The van der Waals surface area contributed by atoms with Gasteiger partial charge in [0.15, 0.2) is 0 Å². The Kier molecular flexibility index (Phi) is 7.30. The predicted octanol–water partition coefficient (Wildman–Crippen LogP) is 3.07. The number of hydrogen-bond acceptors (Lipinski definition) is 5. The quantitative estimate of drug-likeness (QED) is 0.542. The molecule has 0 aliphatic rings. The Labute approximate surface area is 153 Å². The van der Waals surface area contributed by atoms with Gasteiger partial charge >= 0.3 is 0 Å². The smallest absolute Gasteiger partial charge is 0.261 e. The molecule has 0 saturated heterocycles. The predicted molar refractivity (Wildman–Crippen MR) is 102 cm³/mol. The lowest BCUT2D eigenvalue weighted by molar-refractivity contribution is 0.299. The number of aromatic nitrogens is 1. The van der Waals surface area contributed by atoms with E-state index in [0.717, 1.165) is 18.4 Å². The number of sulfonamides is 1. The molecule has 8 heteroatoms. The Morgan fingerprint density at radius 2 is 2.00 bits per heavy atom. The largest absolute Gasteiger partial charge is 0.466 e. The van der Waals surface area contributed by atoms with Crippen LogP contribution in [0.3, 0.4) is 0 Å². The Morgan fingerprint density at radius 3 is 2.64 bits per heavy atom. The molecule has 1 aromatic heterocycles. The van der Waals surface area contributed by atoms with E-state index in [4.69, 9.17) is 17.0 Å². The summed E-state index contributed by atoms with van der Waals surface area (Å²) in [6, 6.07) is 10.1. The molecule has 0 bridgehead atoms. The van der Waals surface area contributed by atoms with Gasteiger partial charge in [-0.15, -0.1) is 0 Å². The lowest BCUT2D eigenvalue weighted by atomic mass is 10.3. The van der Waals surface area contributed by atoms with E-state index in [1.165, 1.54) is 12.1 Å². The fourth-order valence-electron chi connectivity index (χ4n) is 1.97. The maximum absolute atomic E-state index is 12.1. The molecule has 6 nitrogen and oxygen atoms in total. The first kappa shape index (κ1) is 19.3. The SMILES string of the molecule is CCCCNS(=O)(=O)c1ccc(NC(=S)OCc2cccnc2)cc1. The third kappa shape index (κ3) is 6.41. The zero-order chi connectivity index (χ0) is 18.1. The summed E-state index contributed by atoms with van der Waals surface area (Å²) < 4.78 is 32.2. The van der Waals surface area contributed by atoms with Crippen molar-refractivity contribution in [2.45, 2.75) is 31.3 Å². The van der Waals surface area contributed by atoms with E-state index in [2.05, 4.69) is 15.0 Å². The minimum atomic E-state index is -3.47. The highest BCUT2D eigenvalue weighted by Crippen LogP contribution is 2.14. The number of benzene rings is 1. The van der Waals surface area contributed by atoms with Gasteiger partial charge in [0, 0.05) is 30.2 Å². The molecule has 1 heterocycles. The van der Waals surface area contributed by atoms with Gasteiger partial charge in [0.1, 0.15) is 6.61 Å². The van der Waals surface area contributed by atoms with Crippen molar-refractivity contribution >= 4 is 33.1 Å². The normalized spacial score (nSPS) is 11.1. The molecule has 2 N–H and O–H groups in total. The molecule has 0 unspecified atom stereocenters. The molecular weight excluding hydrogens is 358 g/mol. The van der Waals surface area contributed by atoms with E-state index < -0.39 is 10.0 Å². The summed E-state index contributed by atoms with van der Waals surface area (Å²) in [6.07, 6.45) is 5.13. The molecule has 0 aliphatic heterocycles. The Hall–Kier alpha value is -2.03. The van der Waals surface area contributed by atoms with Crippen molar-refractivity contribution < 1.29 is 13.2 Å². The van der Waals surface area contributed by atoms with Crippen molar-refractivity contribution in [3.8, 4) is 0 Å². The summed E-state index contributed by atoms with van der Waals surface area (Å²) in [7, 11) is -3.47.